The van der Waals surface area contributed by atoms with Crippen LogP contribution in [0.5, 0.6) is 0 Å². The fourth-order valence-corrected chi connectivity index (χ4v) is 0.912. The number of nitrogens with one attached hydrogen (secondary N) is 1. The van der Waals surface area contributed by atoms with Crippen molar-refractivity contribution in [2.24, 2.45) is 0 Å². The summed E-state index contributed by atoms with van der Waals surface area (Å²) in [6, 6.07) is 0. The summed E-state index contributed by atoms with van der Waals surface area (Å²) in [7, 11) is 0. The highest BCUT2D eigenvalue weighted by molar-refractivity contribution is 5.75. The Morgan fingerprint density at radius 1 is 1.29 bits per heavy atom. The predicted molar refractivity (Wildman–Crippen MR) is 50.8 cm³/mol. The third kappa shape index (κ3) is 8.99. The topological polar surface area (TPSA) is 86.6 Å². The molecule has 1 atom stereocenters. The van der Waals surface area contributed by atoms with Gasteiger partial charge in [0.1, 0.15) is 0 Å². The van der Waals surface area contributed by atoms with E-state index in [4.69, 9.17) is 10.2 Å². The van der Waals surface area contributed by atoms with E-state index in [0.717, 1.165) is 0 Å². The number of aliphatic carboxylic acids is 1. The maximum absolute atomic E-state index is 11.0. The molecule has 5 nitrogen and oxygen atoms in total. The van der Waals surface area contributed by atoms with Gasteiger partial charge >= 0.3 is 5.97 Å². The first-order valence-corrected chi connectivity index (χ1v) is 4.69. The Kier molecular flexibility index (Phi) is 6.74. The van der Waals surface area contributed by atoms with E-state index in [1.807, 2.05) is 0 Å². The minimum Gasteiger partial charge on any atom is -0.481 e. The molecule has 0 radical (unpaired) electrons. The van der Waals surface area contributed by atoms with Crippen LogP contribution in [-0.2, 0) is 9.59 Å². The number of unbranched alkanes of at least 4 members (excludes halogenated alkanes) is 1. The lowest BCUT2D eigenvalue weighted by Crippen LogP contribution is -2.30. The van der Waals surface area contributed by atoms with Crippen molar-refractivity contribution in [3.63, 3.8) is 0 Å². The van der Waals surface area contributed by atoms with E-state index < -0.39 is 12.1 Å². The Labute approximate surface area is 83.1 Å². The molecule has 0 aliphatic rings. The van der Waals surface area contributed by atoms with Gasteiger partial charge < -0.3 is 15.5 Å². The van der Waals surface area contributed by atoms with E-state index in [9.17, 15) is 9.59 Å². The van der Waals surface area contributed by atoms with Crippen molar-refractivity contribution in [1.29, 1.82) is 0 Å². The van der Waals surface area contributed by atoms with Crippen LogP contribution < -0.4 is 5.32 Å². The van der Waals surface area contributed by atoms with Crippen LogP contribution in [-0.4, -0.2) is 34.7 Å². The van der Waals surface area contributed by atoms with Gasteiger partial charge in [-0.2, -0.15) is 0 Å². The smallest absolute Gasteiger partial charge is 0.303 e. The zero-order chi connectivity index (χ0) is 11.0. The molecule has 0 aromatic rings. The van der Waals surface area contributed by atoms with E-state index >= 15 is 0 Å². The van der Waals surface area contributed by atoms with Gasteiger partial charge in [0, 0.05) is 19.4 Å². The minimum absolute atomic E-state index is 0.101. The van der Waals surface area contributed by atoms with Crippen LogP contribution in [0.15, 0.2) is 0 Å². The van der Waals surface area contributed by atoms with Crippen molar-refractivity contribution in [2.75, 3.05) is 6.54 Å². The predicted octanol–water partition coefficient (Wildman–Crippen LogP) is 0.128. The van der Waals surface area contributed by atoms with Crippen LogP contribution in [0.1, 0.15) is 32.6 Å². The molecule has 0 saturated heterocycles. The lowest BCUT2D eigenvalue weighted by molar-refractivity contribution is -0.137. The van der Waals surface area contributed by atoms with E-state index in [0.29, 0.717) is 19.3 Å². The van der Waals surface area contributed by atoms with Gasteiger partial charge in [-0.1, -0.05) is 0 Å². The zero-order valence-electron chi connectivity index (χ0n) is 8.32. The molecule has 0 aromatic carbocycles. The van der Waals surface area contributed by atoms with Gasteiger partial charge in [-0.25, -0.2) is 0 Å². The second-order valence-electron chi connectivity index (χ2n) is 3.25. The number of carbonyl (C=O) groups is 2. The first-order chi connectivity index (χ1) is 6.52. The summed E-state index contributed by atoms with van der Waals surface area (Å²) in [5.74, 6) is -0.981. The van der Waals surface area contributed by atoms with E-state index in [1.165, 1.54) is 0 Å². The summed E-state index contributed by atoms with van der Waals surface area (Å²) in [6.45, 7) is 1.84. The molecule has 0 fully saturated rings. The quantitative estimate of drug-likeness (QED) is 0.513. The molecule has 0 spiro atoms. The van der Waals surface area contributed by atoms with Gasteiger partial charge in [0.2, 0.25) is 5.91 Å². The molecule has 0 rings (SSSR count). The fourth-order valence-electron chi connectivity index (χ4n) is 0.912. The molecule has 3 N–H and O–H groups in total. The standard InChI is InChI=1S/C9H17NO4/c1-7(11)6-10-8(12)4-2-3-5-9(13)14/h7,11H,2-6H2,1H3,(H,10,12)(H,13,14)/t7-/m1/s1. The first-order valence-electron chi connectivity index (χ1n) is 4.69. The lowest BCUT2D eigenvalue weighted by atomic mass is 10.2. The average molecular weight is 203 g/mol. The number of hydrogen-bond acceptors (Lipinski definition) is 3. The van der Waals surface area contributed by atoms with Crippen molar-refractivity contribution >= 4 is 11.9 Å². The molecule has 5 heteroatoms. The molecule has 0 aliphatic heterocycles. The van der Waals surface area contributed by atoms with Crippen molar-refractivity contribution in [3.05, 3.63) is 0 Å². The molecule has 0 aliphatic carbocycles. The second-order valence-corrected chi connectivity index (χ2v) is 3.25. The summed E-state index contributed by atoms with van der Waals surface area (Å²) in [4.78, 5) is 21.1. The van der Waals surface area contributed by atoms with E-state index in [-0.39, 0.29) is 18.9 Å². The number of carboxylic acid groups (broad SMARTS) is 1. The Morgan fingerprint density at radius 2 is 1.86 bits per heavy atom. The number of aliphatic hydroxyl groups is 1. The molecular formula is C9H17NO4. The van der Waals surface area contributed by atoms with Gasteiger partial charge in [0.15, 0.2) is 0 Å². The summed E-state index contributed by atoms with van der Waals surface area (Å²) in [5, 5.41) is 19.7. The number of carboxylic acids is 1. The highest BCUT2D eigenvalue weighted by atomic mass is 16.4. The largest absolute Gasteiger partial charge is 0.481 e. The van der Waals surface area contributed by atoms with E-state index in [2.05, 4.69) is 5.32 Å². The molecule has 82 valence electrons. The molecule has 0 saturated carbocycles. The van der Waals surface area contributed by atoms with Crippen LogP contribution >= 0.6 is 0 Å². The molecule has 1 amide bonds. The summed E-state index contributed by atoms with van der Waals surface area (Å²) in [6.07, 6.45) is 0.956. The SMILES string of the molecule is C[C@@H](O)CNC(=O)CCCCC(=O)O. The monoisotopic (exact) mass is 203 g/mol. The Morgan fingerprint density at radius 3 is 2.36 bits per heavy atom. The Hall–Kier alpha value is -1.10. The Bertz CT molecular complexity index is 191. The maximum atomic E-state index is 11.0. The number of aliphatic hydroxyl groups excluding tert-OH is 1. The van der Waals surface area contributed by atoms with Gasteiger partial charge in [0.25, 0.3) is 0 Å². The third-order valence-electron chi connectivity index (χ3n) is 1.64. The molecular weight excluding hydrogens is 186 g/mol. The third-order valence-corrected chi connectivity index (χ3v) is 1.64. The molecule has 0 bridgehead atoms. The zero-order valence-corrected chi connectivity index (χ0v) is 8.32. The Balaban J connectivity index is 3.31. The summed E-state index contributed by atoms with van der Waals surface area (Å²) < 4.78 is 0. The number of rotatable bonds is 7. The van der Waals surface area contributed by atoms with Gasteiger partial charge in [0.05, 0.1) is 6.10 Å². The van der Waals surface area contributed by atoms with Crippen LogP contribution in [0, 0.1) is 0 Å². The molecule has 0 unspecified atom stereocenters. The van der Waals surface area contributed by atoms with Crippen molar-refractivity contribution in [2.45, 2.75) is 38.7 Å². The number of amides is 1. The van der Waals surface area contributed by atoms with Crippen LogP contribution in [0.3, 0.4) is 0 Å². The minimum atomic E-state index is -0.839. The lowest BCUT2D eigenvalue weighted by Gasteiger charge is -2.06. The van der Waals surface area contributed by atoms with Gasteiger partial charge in [-0.15, -0.1) is 0 Å². The fraction of sp³-hybridized carbons (Fsp3) is 0.778. The highest BCUT2D eigenvalue weighted by Crippen LogP contribution is 1.99. The summed E-state index contributed by atoms with van der Waals surface area (Å²) in [5.41, 5.74) is 0. The number of hydrogen-bond donors (Lipinski definition) is 3. The molecule has 0 aromatic heterocycles. The maximum Gasteiger partial charge on any atom is 0.303 e. The molecule has 14 heavy (non-hydrogen) atoms. The van der Waals surface area contributed by atoms with Crippen molar-refractivity contribution in [1.82, 2.24) is 5.32 Å². The van der Waals surface area contributed by atoms with E-state index in [1.54, 1.807) is 6.92 Å². The molecule has 0 heterocycles. The second kappa shape index (κ2) is 7.32. The van der Waals surface area contributed by atoms with Crippen molar-refractivity contribution < 1.29 is 19.8 Å². The number of carbonyl (C=O) groups excluding carboxylic acids is 1. The van der Waals surface area contributed by atoms with Gasteiger partial charge in [-0.05, 0) is 19.8 Å². The highest BCUT2D eigenvalue weighted by Gasteiger charge is 2.03. The van der Waals surface area contributed by atoms with Crippen molar-refractivity contribution in [3.8, 4) is 0 Å². The average Bonchev–Trinajstić information content (AvgIpc) is 2.08. The van der Waals surface area contributed by atoms with Crippen LogP contribution in [0.25, 0.3) is 0 Å². The van der Waals surface area contributed by atoms with Crippen LogP contribution in [0.2, 0.25) is 0 Å². The first kappa shape index (κ1) is 12.9. The van der Waals surface area contributed by atoms with Gasteiger partial charge in [-0.3, -0.25) is 9.59 Å². The normalized spacial score (nSPS) is 12.1. The summed E-state index contributed by atoms with van der Waals surface area (Å²) >= 11 is 0. The van der Waals surface area contributed by atoms with Crippen LogP contribution in [0.4, 0.5) is 0 Å².